The molecule has 14 heavy (non-hydrogen) atoms. The van der Waals surface area contributed by atoms with Crippen LogP contribution < -0.4 is 5.73 Å². The molecular formula is C9H12IN3Si. The Labute approximate surface area is 98.6 Å². The molecule has 1 heterocycles. The number of nitrogens with zero attached hydrogens (tertiary/aromatic N) is 2. The largest absolute Gasteiger partial charge is 0.381 e. The molecule has 0 bridgehead atoms. The zero-order valence-corrected chi connectivity index (χ0v) is 11.6. The summed E-state index contributed by atoms with van der Waals surface area (Å²) in [5, 5.41) is 7.65. The highest BCUT2D eigenvalue weighted by Crippen LogP contribution is 2.09. The Morgan fingerprint density at radius 3 is 2.57 bits per heavy atom. The molecule has 0 radical (unpaired) electrons. The zero-order chi connectivity index (χ0) is 10.8. The maximum Gasteiger partial charge on any atom is 0.161 e. The molecule has 0 fully saturated rings. The van der Waals surface area contributed by atoms with E-state index in [9.17, 15) is 0 Å². The van der Waals surface area contributed by atoms with Crippen molar-refractivity contribution >= 4 is 36.5 Å². The van der Waals surface area contributed by atoms with Crippen molar-refractivity contribution < 1.29 is 0 Å². The van der Waals surface area contributed by atoms with Gasteiger partial charge in [-0.05, 0) is 28.7 Å². The maximum atomic E-state index is 5.65. The van der Waals surface area contributed by atoms with E-state index in [2.05, 4.69) is 63.9 Å². The van der Waals surface area contributed by atoms with Gasteiger partial charge < -0.3 is 5.73 Å². The Bertz CT molecular complexity index is 401. The third-order valence-corrected chi connectivity index (χ3v) is 2.77. The quantitative estimate of drug-likeness (QED) is 0.452. The van der Waals surface area contributed by atoms with E-state index in [-0.39, 0.29) is 0 Å². The third-order valence-electron chi connectivity index (χ3n) is 1.36. The normalized spacial score (nSPS) is 10.6. The first-order chi connectivity index (χ1) is 6.38. The van der Waals surface area contributed by atoms with Crippen molar-refractivity contribution in [2.45, 2.75) is 19.6 Å². The number of halogens is 1. The van der Waals surface area contributed by atoms with Gasteiger partial charge in [0.15, 0.2) is 5.82 Å². The van der Waals surface area contributed by atoms with Gasteiger partial charge in [0.25, 0.3) is 0 Å². The number of nitrogens with two attached hydrogens (primary N) is 1. The highest BCUT2D eigenvalue weighted by Gasteiger charge is 2.08. The molecule has 1 rings (SSSR count). The second-order valence-corrected chi connectivity index (χ2v) is 9.82. The second kappa shape index (κ2) is 4.27. The summed E-state index contributed by atoms with van der Waals surface area (Å²) in [4.78, 5) is 0. The van der Waals surface area contributed by atoms with Crippen LogP contribution in [-0.4, -0.2) is 18.3 Å². The molecule has 2 N–H and O–H groups in total. The van der Waals surface area contributed by atoms with Crippen LogP contribution in [0, 0.1) is 15.2 Å². The fourth-order valence-electron chi connectivity index (χ4n) is 0.732. The van der Waals surface area contributed by atoms with Crippen LogP contribution in [0.15, 0.2) is 6.07 Å². The van der Waals surface area contributed by atoms with E-state index in [1.54, 1.807) is 0 Å². The second-order valence-electron chi connectivity index (χ2n) is 3.97. The van der Waals surface area contributed by atoms with Crippen LogP contribution in [0.4, 0.5) is 5.82 Å². The first-order valence-corrected chi connectivity index (χ1v) is 8.78. The third kappa shape index (κ3) is 3.63. The predicted molar refractivity (Wildman–Crippen MR) is 69.4 cm³/mol. The lowest BCUT2D eigenvalue weighted by molar-refractivity contribution is 1.01. The summed E-state index contributed by atoms with van der Waals surface area (Å²) in [6, 6.07) is 1.86. The fourth-order valence-corrected chi connectivity index (χ4v) is 1.66. The minimum absolute atomic E-state index is 0.413. The van der Waals surface area contributed by atoms with Crippen molar-refractivity contribution in [3.63, 3.8) is 0 Å². The number of hydrogen-bond acceptors (Lipinski definition) is 3. The summed E-state index contributed by atoms with van der Waals surface area (Å²) in [6.45, 7) is 6.57. The van der Waals surface area contributed by atoms with Gasteiger partial charge in [0.1, 0.15) is 11.8 Å². The molecule has 0 saturated carbocycles. The van der Waals surface area contributed by atoms with E-state index in [4.69, 9.17) is 5.73 Å². The summed E-state index contributed by atoms with van der Waals surface area (Å²) in [5.41, 5.74) is 9.68. The molecule has 0 aliphatic carbocycles. The molecule has 74 valence electrons. The van der Waals surface area contributed by atoms with Gasteiger partial charge in [-0.1, -0.05) is 25.6 Å². The number of rotatable bonds is 0. The van der Waals surface area contributed by atoms with Crippen molar-refractivity contribution in [1.29, 1.82) is 0 Å². The molecule has 0 aromatic carbocycles. The van der Waals surface area contributed by atoms with Crippen LogP contribution >= 0.6 is 22.6 Å². The van der Waals surface area contributed by atoms with Crippen LogP contribution in [0.2, 0.25) is 19.6 Å². The number of anilines is 1. The Morgan fingerprint density at radius 1 is 1.36 bits per heavy atom. The minimum atomic E-state index is -1.35. The Balaban J connectivity index is 3.06. The summed E-state index contributed by atoms with van der Waals surface area (Å²) in [6.07, 6.45) is 0. The Kier molecular flexibility index (Phi) is 3.50. The van der Waals surface area contributed by atoms with E-state index in [0.29, 0.717) is 5.82 Å². The first kappa shape index (κ1) is 11.5. The highest BCUT2D eigenvalue weighted by molar-refractivity contribution is 14.1. The SMILES string of the molecule is C[Si](C)(C)C#Cc1cc(I)nnc1N. The van der Waals surface area contributed by atoms with Gasteiger partial charge in [0.2, 0.25) is 0 Å². The Morgan fingerprint density at radius 2 is 2.00 bits per heavy atom. The van der Waals surface area contributed by atoms with Crippen molar-refractivity contribution in [1.82, 2.24) is 10.2 Å². The molecule has 1 aromatic heterocycles. The van der Waals surface area contributed by atoms with Crippen LogP contribution in [0.5, 0.6) is 0 Å². The monoisotopic (exact) mass is 317 g/mol. The summed E-state index contributed by atoms with van der Waals surface area (Å²) < 4.78 is 0.816. The number of nitrogen functional groups attached to an aromatic ring is 1. The molecule has 0 aliphatic rings. The minimum Gasteiger partial charge on any atom is -0.381 e. The van der Waals surface area contributed by atoms with Crippen LogP contribution in [0.25, 0.3) is 0 Å². The van der Waals surface area contributed by atoms with Crippen molar-refractivity contribution in [2.24, 2.45) is 0 Å². The van der Waals surface area contributed by atoms with E-state index >= 15 is 0 Å². The number of hydrogen-bond donors (Lipinski definition) is 1. The standard InChI is InChI=1S/C9H12IN3Si/c1-14(2,3)5-4-7-6-8(10)12-13-9(7)11/h6H,1-3H3,(H2,11,13). The lowest BCUT2D eigenvalue weighted by atomic mass is 10.3. The van der Waals surface area contributed by atoms with Gasteiger partial charge >= 0.3 is 0 Å². The van der Waals surface area contributed by atoms with Crippen molar-refractivity contribution in [3.05, 3.63) is 15.3 Å². The molecule has 0 spiro atoms. The Hall–Kier alpha value is -0.613. The van der Waals surface area contributed by atoms with Gasteiger partial charge in [0, 0.05) is 0 Å². The van der Waals surface area contributed by atoms with Crippen LogP contribution in [0.1, 0.15) is 5.56 Å². The molecule has 0 aliphatic heterocycles. The molecule has 5 heteroatoms. The average molecular weight is 317 g/mol. The van der Waals surface area contributed by atoms with E-state index < -0.39 is 8.07 Å². The van der Waals surface area contributed by atoms with Crippen molar-refractivity contribution in [3.8, 4) is 11.5 Å². The average Bonchev–Trinajstić information content (AvgIpc) is 2.05. The van der Waals surface area contributed by atoms with Gasteiger partial charge in [0.05, 0.1) is 5.56 Å². The van der Waals surface area contributed by atoms with Crippen LogP contribution in [0.3, 0.4) is 0 Å². The van der Waals surface area contributed by atoms with Crippen molar-refractivity contribution in [2.75, 3.05) is 5.73 Å². The molecule has 0 saturated heterocycles. The summed E-state index contributed by atoms with van der Waals surface area (Å²) in [7, 11) is -1.35. The summed E-state index contributed by atoms with van der Waals surface area (Å²) in [5.74, 6) is 3.49. The van der Waals surface area contributed by atoms with E-state index in [1.807, 2.05) is 6.07 Å². The molecule has 1 aromatic rings. The van der Waals surface area contributed by atoms with Gasteiger partial charge in [-0.3, -0.25) is 0 Å². The molecule has 0 amide bonds. The lowest BCUT2D eigenvalue weighted by Crippen LogP contribution is -2.16. The van der Waals surface area contributed by atoms with Gasteiger partial charge in [-0.25, -0.2) is 0 Å². The number of aromatic nitrogens is 2. The smallest absolute Gasteiger partial charge is 0.161 e. The predicted octanol–water partition coefficient (Wildman–Crippen LogP) is 1.89. The highest BCUT2D eigenvalue weighted by atomic mass is 127. The molecule has 0 unspecified atom stereocenters. The van der Waals surface area contributed by atoms with E-state index in [0.717, 1.165) is 9.26 Å². The topological polar surface area (TPSA) is 51.8 Å². The van der Waals surface area contributed by atoms with Gasteiger partial charge in [-0.2, -0.15) is 0 Å². The first-order valence-electron chi connectivity index (χ1n) is 4.20. The molecule has 3 nitrogen and oxygen atoms in total. The summed E-state index contributed by atoms with van der Waals surface area (Å²) >= 11 is 2.10. The molecular weight excluding hydrogens is 305 g/mol. The zero-order valence-electron chi connectivity index (χ0n) is 8.43. The van der Waals surface area contributed by atoms with E-state index in [1.165, 1.54) is 0 Å². The lowest BCUT2D eigenvalue weighted by Gasteiger charge is -2.03. The molecule has 0 atom stereocenters. The fraction of sp³-hybridized carbons (Fsp3) is 0.333. The van der Waals surface area contributed by atoms with Gasteiger partial charge in [-0.15, -0.1) is 15.7 Å². The van der Waals surface area contributed by atoms with Crippen LogP contribution in [-0.2, 0) is 0 Å². The maximum absolute atomic E-state index is 5.65.